The third-order valence-corrected chi connectivity index (χ3v) is 8.40. The van der Waals surface area contributed by atoms with Crippen LogP contribution in [0.1, 0.15) is 28.8 Å². The van der Waals surface area contributed by atoms with E-state index < -0.39 is 29.7 Å². The van der Waals surface area contributed by atoms with E-state index in [2.05, 4.69) is 10.6 Å². The molecular formula is C28H31Cl2N3O7S. The number of piperidine rings is 1. The number of carboxylic acids is 1. The van der Waals surface area contributed by atoms with Gasteiger partial charge in [0.2, 0.25) is 11.8 Å². The minimum absolute atomic E-state index is 0.192. The fourth-order valence-corrected chi connectivity index (χ4v) is 5.40. The molecule has 0 radical (unpaired) electrons. The Morgan fingerprint density at radius 3 is 2.41 bits per heavy atom. The summed E-state index contributed by atoms with van der Waals surface area (Å²) in [6.07, 6.45) is 5.64. The van der Waals surface area contributed by atoms with Crippen molar-refractivity contribution in [1.82, 2.24) is 15.5 Å². The number of amides is 3. The van der Waals surface area contributed by atoms with Gasteiger partial charge in [-0.1, -0.05) is 29.3 Å². The Hall–Kier alpha value is -3.41. The van der Waals surface area contributed by atoms with Crippen LogP contribution in [0.4, 0.5) is 0 Å². The number of rotatable bonds is 11. The van der Waals surface area contributed by atoms with Crippen LogP contribution in [-0.4, -0.2) is 79.8 Å². The van der Waals surface area contributed by atoms with Crippen molar-refractivity contribution in [1.29, 1.82) is 0 Å². The monoisotopic (exact) mass is 623 g/mol. The maximum atomic E-state index is 12.8. The first kappa shape index (κ1) is 32.1. The molecule has 1 heterocycles. The van der Waals surface area contributed by atoms with E-state index in [1.54, 1.807) is 23.1 Å². The number of carboxylic acid groups (broad SMARTS) is 1. The fraction of sp³-hybridized carbons (Fsp3) is 0.357. The second-order valence-corrected chi connectivity index (χ2v) is 10.7. The van der Waals surface area contributed by atoms with Gasteiger partial charge in [-0.05, 0) is 48.9 Å². The van der Waals surface area contributed by atoms with Crippen molar-refractivity contribution in [3.63, 3.8) is 0 Å². The van der Waals surface area contributed by atoms with E-state index in [0.29, 0.717) is 47.3 Å². The Bertz CT molecular complexity index is 1330. The largest absolute Gasteiger partial charge is 0.497 e. The van der Waals surface area contributed by atoms with E-state index in [1.807, 2.05) is 12.3 Å². The van der Waals surface area contributed by atoms with E-state index in [0.717, 1.165) is 4.90 Å². The number of carbonyl (C=O) groups is 4. The molecule has 1 saturated heterocycles. The van der Waals surface area contributed by atoms with Crippen LogP contribution in [0.5, 0.6) is 11.5 Å². The van der Waals surface area contributed by atoms with Crippen molar-refractivity contribution >= 4 is 64.7 Å². The van der Waals surface area contributed by atoms with Crippen molar-refractivity contribution in [2.75, 3.05) is 40.1 Å². The van der Waals surface area contributed by atoms with Crippen molar-refractivity contribution in [3.05, 3.63) is 57.6 Å². The summed E-state index contributed by atoms with van der Waals surface area (Å²) < 4.78 is 10.3. The number of likely N-dealkylation sites (tertiary alicyclic amines) is 1. The number of ether oxygens (including phenoxy) is 2. The molecule has 1 aliphatic rings. The molecular weight excluding hydrogens is 593 g/mol. The maximum absolute atomic E-state index is 12.8. The lowest BCUT2D eigenvalue weighted by Gasteiger charge is -2.31. The second kappa shape index (κ2) is 15.0. The van der Waals surface area contributed by atoms with Gasteiger partial charge in [0.15, 0.2) is 0 Å². The number of hydrogen-bond acceptors (Lipinski definition) is 7. The molecule has 0 aromatic heterocycles. The smallest absolute Gasteiger partial charge is 0.328 e. The lowest BCUT2D eigenvalue weighted by molar-refractivity contribution is -0.142. The van der Waals surface area contributed by atoms with E-state index >= 15 is 0 Å². The number of benzene rings is 2. The number of halogens is 2. The Morgan fingerprint density at radius 2 is 1.80 bits per heavy atom. The van der Waals surface area contributed by atoms with E-state index in [1.165, 1.54) is 44.2 Å². The number of hydrogen-bond donors (Lipinski definition) is 3. The number of methoxy groups -OCH3 is 2. The summed E-state index contributed by atoms with van der Waals surface area (Å²) in [6, 6.07) is 6.89. The summed E-state index contributed by atoms with van der Waals surface area (Å²) in [4.78, 5) is 52.4. The molecule has 1 atom stereocenters. The highest BCUT2D eigenvalue weighted by Gasteiger charge is 2.30. The highest BCUT2D eigenvalue weighted by atomic mass is 35.5. The lowest BCUT2D eigenvalue weighted by atomic mass is 9.95. The molecule has 13 heteroatoms. The number of thioether (sulfide) groups is 1. The van der Waals surface area contributed by atoms with Crippen LogP contribution in [-0.2, 0) is 14.4 Å². The second-order valence-electron chi connectivity index (χ2n) is 9.09. The molecule has 0 spiro atoms. The van der Waals surface area contributed by atoms with Crippen LogP contribution in [0.2, 0.25) is 10.0 Å². The summed E-state index contributed by atoms with van der Waals surface area (Å²) in [5, 5.41) is 15.4. The van der Waals surface area contributed by atoms with Gasteiger partial charge in [0.1, 0.15) is 17.5 Å². The number of carbonyl (C=O) groups excluding carboxylic acids is 3. The normalized spacial score (nSPS) is 14.4. The SMILES string of the molecule is COc1ccc(C(=O)NC[C@H](NC(=O)C2CCN(C(=O)/C=C/c3ccc(SC)c(Cl)c3Cl)CC2)C(=O)O)c(OC)c1. The molecule has 41 heavy (non-hydrogen) atoms. The predicted octanol–water partition coefficient (Wildman–Crippen LogP) is 3.98. The van der Waals surface area contributed by atoms with Gasteiger partial charge >= 0.3 is 5.97 Å². The minimum atomic E-state index is -1.34. The summed E-state index contributed by atoms with van der Waals surface area (Å²) in [5.41, 5.74) is 0.812. The zero-order valence-electron chi connectivity index (χ0n) is 22.7. The number of nitrogens with one attached hydrogen (secondary N) is 2. The molecule has 0 unspecified atom stereocenters. The summed E-state index contributed by atoms with van der Waals surface area (Å²) in [6.45, 7) is 0.321. The van der Waals surface area contributed by atoms with Gasteiger partial charge in [0, 0.05) is 42.6 Å². The molecule has 0 saturated carbocycles. The molecule has 10 nitrogen and oxygen atoms in total. The zero-order valence-corrected chi connectivity index (χ0v) is 25.1. The first-order valence-corrected chi connectivity index (χ1v) is 14.6. The van der Waals surface area contributed by atoms with Gasteiger partial charge in [-0.3, -0.25) is 14.4 Å². The fourth-order valence-electron chi connectivity index (χ4n) is 4.23. The van der Waals surface area contributed by atoms with Crippen LogP contribution >= 0.6 is 35.0 Å². The van der Waals surface area contributed by atoms with Crippen molar-refractivity contribution in [2.24, 2.45) is 5.92 Å². The lowest BCUT2D eigenvalue weighted by Crippen LogP contribution is -2.51. The molecule has 3 amide bonds. The standard InChI is InChI=1S/C28H31Cl2N3O7S/c1-39-18-6-7-19(21(14-18)40-2)27(36)31-15-20(28(37)38)32-26(35)17-10-12-33(13-11-17)23(34)9-5-16-4-8-22(41-3)25(30)24(16)29/h4-9,14,17,20H,10-13,15H2,1-3H3,(H,31,36)(H,32,35)(H,37,38)/b9-5+/t20-/m0/s1. The molecule has 3 N–H and O–H groups in total. The van der Waals surface area contributed by atoms with Gasteiger partial charge in [-0.25, -0.2) is 4.79 Å². The quantitative estimate of drug-likeness (QED) is 0.253. The highest BCUT2D eigenvalue weighted by Crippen LogP contribution is 2.35. The molecule has 2 aromatic carbocycles. The molecule has 1 aliphatic heterocycles. The predicted molar refractivity (Wildman–Crippen MR) is 158 cm³/mol. The Labute approximate surface area is 252 Å². The number of nitrogens with zero attached hydrogens (tertiary/aromatic N) is 1. The summed E-state index contributed by atoms with van der Waals surface area (Å²) in [7, 11) is 2.88. The van der Waals surface area contributed by atoms with Crippen molar-refractivity contribution in [3.8, 4) is 11.5 Å². The first-order valence-electron chi connectivity index (χ1n) is 12.6. The Balaban J connectivity index is 1.52. The van der Waals surface area contributed by atoms with Crippen LogP contribution in [0.3, 0.4) is 0 Å². The number of aliphatic carboxylic acids is 1. The van der Waals surface area contributed by atoms with Gasteiger partial charge in [-0.15, -0.1) is 11.8 Å². The molecule has 3 rings (SSSR count). The third kappa shape index (κ3) is 8.31. The van der Waals surface area contributed by atoms with Gasteiger partial charge in [0.25, 0.3) is 5.91 Å². The van der Waals surface area contributed by atoms with E-state index in [-0.39, 0.29) is 23.8 Å². The Morgan fingerprint density at radius 1 is 1.10 bits per heavy atom. The van der Waals surface area contributed by atoms with Crippen LogP contribution in [0.25, 0.3) is 6.08 Å². The van der Waals surface area contributed by atoms with Crippen molar-refractivity contribution in [2.45, 2.75) is 23.8 Å². The maximum Gasteiger partial charge on any atom is 0.328 e. The zero-order chi connectivity index (χ0) is 30.1. The molecule has 2 aromatic rings. The van der Waals surface area contributed by atoms with Crippen molar-refractivity contribution < 1.29 is 33.8 Å². The summed E-state index contributed by atoms with van der Waals surface area (Å²) in [5.74, 6) is -2.26. The Kier molecular flexibility index (Phi) is 11.7. The molecule has 0 bridgehead atoms. The van der Waals surface area contributed by atoms with Crippen LogP contribution in [0.15, 0.2) is 41.3 Å². The average Bonchev–Trinajstić information content (AvgIpc) is 2.99. The van der Waals surface area contributed by atoms with E-state index in [9.17, 15) is 24.3 Å². The molecule has 0 aliphatic carbocycles. The average molecular weight is 625 g/mol. The van der Waals surface area contributed by atoms with Crippen LogP contribution in [0, 0.1) is 5.92 Å². The van der Waals surface area contributed by atoms with Crippen LogP contribution < -0.4 is 20.1 Å². The minimum Gasteiger partial charge on any atom is -0.497 e. The molecule has 1 fully saturated rings. The third-order valence-electron chi connectivity index (χ3n) is 6.61. The molecule has 220 valence electrons. The topological polar surface area (TPSA) is 134 Å². The van der Waals surface area contributed by atoms with E-state index in [4.69, 9.17) is 32.7 Å². The summed E-state index contributed by atoms with van der Waals surface area (Å²) >= 11 is 14.1. The highest BCUT2D eigenvalue weighted by molar-refractivity contribution is 7.98. The first-order chi connectivity index (χ1) is 19.6. The van der Waals surface area contributed by atoms with Gasteiger partial charge in [0.05, 0.1) is 29.8 Å². The van der Waals surface area contributed by atoms with Gasteiger partial charge in [-0.2, -0.15) is 0 Å². The van der Waals surface area contributed by atoms with Gasteiger partial charge < -0.3 is 30.1 Å².